The van der Waals surface area contributed by atoms with Gasteiger partial charge in [-0.15, -0.1) is 0 Å². The molecule has 102 valence electrons. The van der Waals surface area contributed by atoms with E-state index in [-0.39, 0.29) is 9.66 Å². The molecule has 18 heavy (non-hydrogen) atoms. The number of nitrogens with zero attached hydrogens (tertiary/aromatic N) is 2. The molecule has 0 amide bonds. The van der Waals surface area contributed by atoms with Crippen LogP contribution in [0.3, 0.4) is 0 Å². The Hall–Kier alpha value is 0.0987. The van der Waals surface area contributed by atoms with Crippen LogP contribution in [-0.2, 0) is 4.74 Å². The first-order valence-corrected chi connectivity index (χ1v) is 17.1. The van der Waals surface area contributed by atoms with Gasteiger partial charge in [0.25, 0.3) is 0 Å². The van der Waals surface area contributed by atoms with Crippen LogP contribution in [0.5, 0.6) is 0 Å². The first-order valence-electron chi connectivity index (χ1n) is 7.08. The van der Waals surface area contributed by atoms with E-state index in [1.54, 1.807) is 0 Å². The Kier molecular flexibility index (Phi) is 4.22. The van der Waals surface area contributed by atoms with Gasteiger partial charge in [0, 0.05) is 0 Å². The van der Waals surface area contributed by atoms with E-state index in [2.05, 4.69) is 45.0 Å². The molecule has 0 aliphatic carbocycles. The first-order chi connectivity index (χ1) is 8.37. The van der Waals surface area contributed by atoms with Gasteiger partial charge < -0.3 is 0 Å². The van der Waals surface area contributed by atoms with Crippen molar-refractivity contribution in [3.05, 3.63) is 12.3 Å². The van der Waals surface area contributed by atoms with Crippen LogP contribution in [0.2, 0.25) is 14.8 Å². The summed E-state index contributed by atoms with van der Waals surface area (Å²) in [5.41, 5.74) is 0. The van der Waals surface area contributed by atoms with E-state index in [1.807, 2.05) is 6.20 Å². The van der Waals surface area contributed by atoms with E-state index in [0.717, 1.165) is 24.9 Å². The molecule has 0 N–H and O–H groups in total. The van der Waals surface area contributed by atoms with E-state index in [1.165, 1.54) is 6.42 Å². The minimum atomic E-state index is -2.26. The van der Waals surface area contributed by atoms with Crippen LogP contribution in [0.1, 0.15) is 26.7 Å². The van der Waals surface area contributed by atoms with Crippen LogP contribution in [-0.4, -0.2) is 34.6 Å². The Morgan fingerprint density at radius 1 is 1.28 bits per heavy atom. The van der Waals surface area contributed by atoms with E-state index < -0.39 is 18.4 Å². The summed E-state index contributed by atoms with van der Waals surface area (Å²) in [4.78, 5) is 7.30. The van der Waals surface area contributed by atoms with Crippen molar-refractivity contribution in [1.29, 1.82) is 0 Å². The molecule has 0 bridgehead atoms. The van der Waals surface area contributed by atoms with Crippen molar-refractivity contribution >= 4 is 18.4 Å². The summed E-state index contributed by atoms with van der Waals surface area (Å²) in [5, 5.41) is 8.76. The first kappa shape index (κ1) is 14.5. The molecule has 0 saturated carbocycles. The Morgan fingerprint density at radius 3 is 2.39 bits per heavy atom. The average molecular weight is 357 g/mol. The van der Waals surface area contributed by atoms with Gasteiger partial charge in [-0.25, -0.2) is 0 Å². The molecular formula is C14H26N2OSn. The van der Waals surface area contributed by atoms with E-state index in [9.17, 15) is 0 Å². The quantitative estimate of drug-likeness (QED) is 0.703. The van der Waals surface area contributed by atoms with Crippen LogP contribution in [0.25, 0.3) is 0 Å². The molecule has 0 aromatic heterocycles. The summed E-state index contributed by atoms with van der Waals surface area (Å²) >= 11 is -2.26. The van der Waals surface area contributed by atoms with Crippen molar-refractivity contribution < 1.29 is 4.74 Å². The van der Waals surface area contributed by atoms with Crippen molar-refractivity contribution in [3.8, 4) is 0 Å². The molecule has 2 unspecified atom stereocenters. The second kappa shape index (κ2) is 5.23. The van der Waals surface area contributed by atoms with Crippen molar-refractivity contribution in [2.45, 2.75) is 51.2 Å². The van der Waals surface area contributed by atoms with Gasteiger partial charge in [-0.1, -0.05) is 0 Å². The molecule has 0 aromatic rings. The number of hydrogen-bond acceptors (Lipinski definition) is 3. The Balaban J connectivity index is 2.12. The van der Waals surface area contributed by atoms with Gasteiger partial charge >= 0.3 is 115 Å². The predicted molar refractivity (Wildman–Crippen MR) is 77.4 cm³/mol. The summed E-state index contributed by atoms with van der Waals surface area (Å²) in [5.74, 6) is 1.44. The molecule has 2 aliphatic rings. The van der Waals surface area contributed by atoms with Crippen molar-refractivity contribution in [2.24, 2.45) is 22.1 Å². The molecule has 0 aromatic carbocycles. The summed E-state index contributed by atoms with van der Waals surface area (Å²) in [6, 6.07) is 0. The Morgan fingerprint density at radius 2 is 2.00 bits per heavy atom. The number of rotatable bonds is 3. The van der Waals surface area contributed by atoms with Crippen LogP contribution in [0.15, 0.2) is 22.5 Å². The summed E-state index contributed by atoms with van der Waals surface area (Å²) < 4.78 is 6.15. The van der Waals surface area contributed by atoms with Gasteiger partial charge in [0.05, 0.1) is 0 Å². The Bertz CT molecular complexity index is 337. The maximum atomic E-state index is 6.21. The van der Waals surface area contributed by atoms with Crippen LogP contribution >= 0.6 is 0 Å². The molecule has 4 heteroatoms. The molecule has 3 nitrogen and oxygen atoms in total. The van der Waals surface area contributed by atoms with Gasteiger partial charge in [0.1, 0.15) is 0 Å². The summed E-state index contributed by atoms with van der Waals surface area (Å²) in [6.07, 6.45) is 6.78. The second-order valence-corrected chi connectivity index (χ2v) is 22.1. The molecule has 1 fully saturated rings. The maximum absolute atomic E-state index is 6.21. The number of ether oxygens (including phenoxy) is 1. The fraction of sp³-hybridized carbons (Fsp3) is 0.857. The third-order valence-corrected chi connectivity index (χ3v) is 13.1. The van der Waals surface area contributed by atoms with Crippen LogP contribution < -0.4 is 0 Å². The summed E-state index contributed by atoms with van der Waals surface area (Å²) in [7, 11) is 0. The molecule has 2 heterocycles. The van der Waals surface area contributed by atoms with Crippen molar-refractivity contribution in [1.82, 2.24) is 0 Å². The Labute approximate surface area is 115 Å². The normalized spacial score (nSPS) is 36.6. The van der Waals surface area contributed by atoms with Crippen LogP contribution in [0.4, 0.5) is 0 Å². The fourth-order valence-electron chi connectivity index (χ4n) is 3.01. The molecular weight excluding hydrogens is 331 g/mol. The molecule has 3 atom stereocenters. The minimum absolute atomic E-state index is 0.0589. The molecule has 1 saturated heterocycles. The van der Waals surface area contributed by atoms with Crippen molar-refractivity contribution in [2.75, 3.05) is 6.61 Å². The predicted octanol–water partition coefficient (Wildman–Crippen LogP) is 4.03. The van der Waals surface area contributed by atoms with E-state index in [0.29, 0.717) is 0 Å². The van der Waals surface area contributed by atoms with Crippen molar-refractivity contribution in [3.63, 3.8) is 0 Å². The van der Waals surface area contributed by atoms with Gasteiger partial charge in [-0.2, -0.15) is 0 Å². The molecule has 0 radical (unpaired) electrons. The molecule has 0 spiro atoms. The van der Waals surface area contributed by atoms with Gasteiger partial charge in [0.2, 0.25) is 0 Å². The standard InChI is InChI=1S/C11H17N2O.3CH3.Sn/c1-8(2)9-3-4-11(14-7-9)10-5-6-12-13-10;;;;/h5-6,8-9,11H,3-4,7H2,1-2H3;3*1H3;/t9-,11?;;;;/m1..../s1. The van der Waals surface area contributed by atoms with E-state index in [4.69, 9.17) is 4.74 Å². The topological polar surface area (TPSA) is 34.0 Å². The zero-order chi connectivity index (χ0) is 13.4. The summed E-state index contributed by atoms with van der Waals surface area (Å²) in [6.45, 7) is 5.49. The second-order valence-electron chi connectivity index (χ2n) is 7.01. The van der Waals surface area contributed by atoms with Gasteiger partial charge in [0.15, 0.2) is 0 Å². The molecule has 2 aliphatic heterocycles. The third kappa shape index (κ3) is 2.53. The SMILES string of the molecule is CC(C)[C@@H]1CCC([C]2([Sn]([CH3])([CH3])[CH3])C=CN=N2)OC1. The zero-order valence-corrected chi connectivity index (χ0v) is 15.2. The molecule has 2 rings (SSSR count). The van der Waals surface area contributed by atoms with Gasteiger partial charge in [-0.05, 0) is 0 Å². The average Bonchev–Trinajstić information content (AvgIpc) is 2.78. The van der Waals surface area contributed by atoms with E-state index >= 15 is 0 Å². The third-order valence-electron chi connectivity index (χ3n) is 4.56. The van der Waals surface area contributed by atoms with Crippen LogP contribution in [0, 0.1) is 11.8 Å². The number of hydrogen-bond donors (Lipinski definition) is 0. The fourth-order valence-corrected chi connectivity index (χ4v) is 9.08. The monoisotopic (exact) mass is 358 g/mol. The van der Waals surface area contributed by atoms with Gasteiger partial charge in [-0.3, -0.25) is 0 Å². The number of azo groups is 1. The zero-order valence-electron chi connectivity index (χ0n) is 12.3.